The van der Waals surface area contributed by atoms with Crippen LogP contribution in [0.2, 0.25) is 0 Å². The van der Waals surface area contributed by atoms with Crippen molar-refractivity contribution in [2.75, 3.05) is 0 Å². The van der Waals surface area contributed by atoms with E-state index in [1.54, 1.807) is 5.30 Å². The van der Waals surface area contributed by atoms with E-state index in [2.05, 4.69) is 161 Å². The summed E-state index contributed by atoms with van der Waals surface area (Å²) in [4.78, 5) is 0. The molecule has 3 aromatic rings. The maximum Gasteiger partial charge on any atom is 0.167 e. The van der Waals surface area contributed by atoms with Gasteiger partial charge in [0.15, 0.2) is 18.6 Å². The lowest BCUT2D eigenvalue weighted by Gasteiger charge is -2.32. The highest BCUT2D eigenvalue weighted by atomic mass is 31.1. The number of hydrogen-bond donors (Lipinski definition) is 0. The summed E-state index contributed by atoms with van der Waals surface area (Å²) in [6.45, 7) is 45.1. The van der Waals surface area contributed by atoms with E-state index in [1.807, 2.05) is 0 Å². The predicted octanol–water partition coefficient (Wildman–Crippen LogP) is 13.4. The lowest BCUT2D eigenvalue weighted by atomic mass is 9.75. The van der Waals surface area contributed by atoms with E-state index in [4.69, 9.17) is 4.75 Å². The van der Waals surface area contributed by atoms with E-state index in [0.717, 1.165) is 0 Å². The fourth-order valence-corrected chi connectivity index (χ4v) is 12.4. The van der Waals surface area contributed by atoms with Gasteiger partial charge in [0.1, 0.15) is 5.30 Å². The average Bonchev–Trinajstić information content (AvgIpc) is 3.14. The van der Waals surface area contributed by atoms with Gasteiger partial charge in [-0.15, -0.1) is 4.75 Å². The van der Waals surface area contributed by atoms with Crippen molar-refractivity contribution in [2.45, 2.75) is 164 Å². The molecular weight excluding hydrogens is 544 g/mol. The Morgan fingerprint density at radius 2 is 0.786 bits per heavy atom. The summed E-state index contributed by atoms with van der Waals surface area (Å²) in [5, 5.41) is 3.06. The van der Waals surface area contributed by atoms with E-state index in [1.165, 1.54) is 44.1 Å². The van der Waals surface area contributed by atoms with Gasteiger partial charge in [-0.05, 0) is 65.9 Å². The molecule has 0 radical (unpaired) electrons. The molecule has 0 aliphatic heterocycles. The second-order valence-electron chi connectivity index (χ2n) is 18.8. The molecule has 0 aliphatic rings. The number of rotatable bonds is 2. The monoisotopic (exact) mass is 606 g/mol. The Labute approximate surface area is 262 Å². The van der Waals surface area contributed by atoms with Gasteiger partial charge in [-0.2, -0.15) is 0 Å². The van der Waals surface area contributed by atoms with E-state index < -0.39 is 15.2 Å². The molecule has 2 aromatic carbocycles. The summed E-state index contributed by atoms with van der Waals surface area (Å²) in [5.74, 6) is 0. The standard InChI is InChI=1S/C39H62NP2/c1-25-40-42(33-30(38(14,15)16)22-27(35(5,6)7)23-31(33)39(17,18)19)24-41(25)32-28(36(8,9)10)20-26(34(2,3)4)21-29(32)37(11,12)13/h20-24H,1-19H3/q+1. The molecular formula is C39H62NP2+. The molecule has 1 heterocycles. The molecule has 0 spiro atoms. The Kier molecular flexibility index (Phi) is 9.08. The van der Waals surface area contributed by atoms with Crippen LogP contribution in [0.3, 0.4) is 0 Å². The fraction of sp³-hybridized carbons (Fsp3) is 0.641. The third kappa shape index (κ3) is 7.27. The molecule has 0 bridgehead atoms. The third-order valence-electron chi connectivity index (χ3n) is 8.48. The first-order chi connectivity index (χ1) is 18.5. The number of aryl methyl sites for hydroxylation is 1. The Hall–Kier alpha value is -1.42. The Balaban J connectivity index is 2.54. The largest absolute Gasteiger partial charge is 0.167 e. The highest BCUT2D eigenvalue weighted by molar-refractivity contribution is 7.70. The molecule has 232 valence electrons. The molecule has 0 aliphatic carbocycles. The van der Waals surface area contributed by atoms with Crippen molar-refractivity contribution in [1.82, 2.24) is 4.75 Å². The maximum atomic E-state index is 5.63. The van der Waals surface area contributed by atoms with E-state index in [0.29, 0.717) is 0 Å². The van der Waals surface area contributed by atoms with Crippen LogP contribution in [0.25, 0.3) is 10.6 Å². The fourth-order valence-electron chi connectivity index (χ4n) is 5.68. The molecule has 42 heavy (non-hydrogen) atoms. The van der Waals surface area contributed by atoms with Crippen LogP contribution < -0.4 is 0 Å². The van der Waals surface area contributed by atoms with Crippen LogP contribution in [-0.2, 0) is 32.5 Å². The quantitative estimate of drug-likeness (QED) is 0.283. The topological polar surface area (TPSA) is 12.9 Å². The van der Waals surface area contributed by atoms with Crippen molar-refractivity contribution in [3.63, 3.8) is 0 Å². The molecule has 3 rings (SSSR count). The van der Waals surface area contributed by atoms with Gasteiger partial charge in [-0.1, -0.05) is 149 Å². The van der Waals surface area contributed by atoms with Crippen molar-refractivity contribution in [1.29, 1.82) is 0 Å². The molecule has 1 aromatic heterocycles. The van der Waals surface area contributed by atoms with Gasteiger partial charge in [0.2, 0.25) is 0 Å². The van der Waals surface area contributed by atoms with Crippen molar-refractivity contribution in [3.05, 3.63) is 68.6 Å². The van der Waals surface area contributed by atoms with Crippen LogP contribution in [0, 0.1) is 6.92 Å². The number of hydrogen-bond acceptors (Lipinski definition) is 1. The molecule has 0 saturated carbocycles. The summed E-state index contributed by atoms with van der Waals surface area (Å²) in [6.07, 6.45) is 0. The summed E-state index contributed by atoms with van der Waals surface area (Å²) >= 11 is 0. The van der Waals surface area contributed by atoms with Gasteiger partial charge in [-0.25, -0.2) is 0 Å². The van der Waals surface area contributed by atoms with Crippen LogP contribution in [0.4, 0.5) is 0 Å². The SMILES string of the molecule is Cc1np(-c2c(C(C)(C)C)cc(C(C)(C)C)cc2C(C)(C)C)c[p+]1-c1c(C(C)(C)C)cc(C(C)(C)C)cc1C(C)(C)C. The zero-order valence-electron chi connectivity index (χ0n) is 30.7. The summed E-state index contributed by atoms with van der Waals surface area (Å²) in [6, 6.07) is 10.1. The molecule has 3 heteroatoms. The highest BCUT2D eigenvalue weighted by Crippen LogP contribution is 2.60. The number of nitrogens with zero attached hydrogens (tertiary/aromatic N) is 1. The van der Waals surface area contributed by atoms with Gasteiger partial charge < -0.3 is 0 Å². The third-order valence-corrected chi connectivity index (χ3v) is 13.7. The Morgan fingerprint density at radius 3 is 1.07 bits per heavy atom. The van der Waals surface area contributed by atoms with E-state index >= 15 is 0 Å². The van der Waals surface area contributed by atoms with Crippen molar-refractivity contribution < 1.29 is 0 Å². The van der Waals surface area contributed by atoms with Crippen molar-refractivity contribution >= 4 is 15.2 Å². The lowest BCUT2D eigenvalue weighted by molar-refractivity contribution is 0.551. The smallest absolute Gasteiger partial charge is 0.121 e. The zero-order valence-corrected chi connectivity index (χ0v) is 32.5. The van der Waals surface area contributed by atoms with Crippen LogP contribution in [-0.4, -0.2) is 4.75 Å². The minimum atomic E-state index is -0.796. The first-order valence-corrected chi connectivity index (χ1v) is 18.7. The summed E-state index contributed by atoms with van der Waals surface area (Å²) in [5.41, 5.74) is 13.2. The van der Waals surface area contributed by atoms with E-state index in [9.17, 15) is 0 Å². The number of aromatic nitrogens is 1. The molecule has 1 nitrogen and oxygen atoms in total. The van der Waals surface area contributed by atoms with Crippen LogP contribution in [0.15, 0.2) is 29.8 Å². The van der Waals surface area contributed by atoms with Gasteiger partial charge in [-0.3, -0.25) is 0 Å². The molecule has 2 atom stereocenters. The Morgan fingerprint density at radius 1 is 0.476 bits per heavy atom. The molecule has 0 N–H and O–H groups in total. The first kappa shape index (κ1) is 35.1. The van der Waals surface area contributed by atoms with Crippen molar-refractivity contribution in [3.8, 4) is 10.6 Å². The van der Waals surface area contributed by atoms with Gasteiger partial charge in [0.25, 0.3) is 0 Å². The van der Waals surface area contributed by atoms with Crippen molar-refractivity contribution in [2.24, 2.45) is 0 Å². The summed E-state index contributed by atoms with van der Waals surface area (Å²) < 4.78 is 5.63. The van der Waals surface area contributed by atoms with Gasteiger partial charge in [0, 0.05) is 6.92 Å². The second kappa shape index (κ2) is 10.9. The molecule has 0 fully saturated rings. The van der Waals surface area contributed by atoms with Crippen LogP contribution in [0.1, 0.15) is 163 Å². The Bertz CT molecular complexity index is 1390. The van der Waals surface area contributed by atoms with Crippen LogP contribution in [0.5, 0.6) is 0 Å². The van der Waals surface area contributed by atoms with Crippen LogP contribution >= 0.6 is 15.2 Å². The molecule has 0 amide bonds. The van der Waals surface area contributed by atoms with Gasteiger partial charge >= 0.3 is 0 Å². The highest BCUT2D eigenvalue weighted by Gasteiger charge is 2.38. The molecule has 2 unspecified atom stereocenters. The normalized spacial score (nSPS) is 14.9. The van der Waals surface area contributed by atoms with E-state index in [-0.39, 0.29) is 32.5 Å². The number of benzene rings is 2. The minimum Gasteiger partial charge on any atom is -0.121 e. The first-order valence-electron chi connectivity index (χ1n) is 15.9. The lowest BCUT2D eigenvalue weighted by Crippen LogP contribution is -2.22. The van der Waals surface area contributed by atoms with Gasteiger partial charge in [0.05, 0.1) is 12.8 Å². The molecule has 0 saturated heterocycles. The average molecular weight is 607 g/mol. The predicted molar refractivity (Wildman–Crippen MR) is 194 cm³/mol. The zero-order chi connectivity index (χ0) is 32.6. The second-order valence-corrected chi connectivity index (χ2v) is 22.9. The summed E-state index contributed by atoms with van der Waals surface area (Å²) in [7, 11) is -1.45. The minimum absolute atomic E-state index is 0.0308. The maximum absolute atomic E-state index is 5.63.